The summed E-state index contributed by atoms with van der Waals surface area (Å²) in [4.78, 5) is 13.3. The van der Waals surface area contributed by atoms with E-state index in [0.29, 0.717) is 25.8 Å². The number of carbonyl (C=O) groups is 1. The minimum Gasteiger partial charge on any atom is -0.314 e. The van der Waals surface area contributed by atoms with Crippen LogP contribution < -0.4 is 4.90 Å². The van der Waals surface area contributed by atoms with Gasteiger partial charge in [-0.2, -0.15) is 0 Å². The normalized spacial score (nSPS) is 23.0. The van der Waals surface area contributed by atoms with E-state index in [4.69, 9.17) is 0 Å². The Balaban J connectivity index is 2.07. The Morgan fingerprint density at radius 1 is 1.29 bits per heavy atom. The summed E-state index contributed by atoms with van der Waals surface area (Å²) in [7, 11) is 0. The molecule has 1 aromatic rings. The number of carbonyl (C=O) groups excluding carboxylic acids is 1. The lowest BCUT2D eigenvalue weighted by Gasteiger charge is -2.37. The highest BCUT2D eigenvalue weighted by Crippen LogP contribution is 2.44. The van der Waals surface area contributed by atoms with Crippen molar-refractivity contribution < 1.29 is 13.6 Å². The van der Waals surface area contributed by atoms with Crippen molar-refractivity contribution in [2.24, 2.45) is 11.8 Å². The van der Waals surface area contributed by atoms with Crippen molar-refractivity contribution in [3.8, 4) is 0 Å². The van der Waals surface area contributed by atoms with Gasteiger partial charge in [0.15, 0.2) is 0 Å². The Labute approximate surface area is 144 Å². The summed E-state index contributed by atoms with van der Waals surface area (Å²) >= 11 is 0. The molecule has 2 nitrogen and oxygen atoms in total. The molecule has 0 aromatic heterocycles. The number of amides is 1. The molecule has 1 fully saturated rings. The van der Waals surface area contributed by atoms with Crippen LogP contribution in [0.3, 0.4) is 0 Å². The van der Waals surface area contributed by atoms with Crippen LogP contribution in [-0.2, 0) is 11.2 Å². The van der Waals surface area contributed by atoms with E-state index in [2.05, 4.69) is 6.92 Å². The smallest absolute Gasteiger partial charge is 0.250 e. The zero-order valence-corrected chi connectivity index (χ0v) is 14.8. The molecule has 0 bridgehead atoms. The third-order valence-electron chi connectivity index (χ3n) is 5.27. The standard InChI is InChI=1S/C20H29F2NO/c1-3-5-9-18-13-16(11-12-20(18,21)22)14-23(15-24)19-10-7-6-8-17(19)4-2/h6-8,10,15-16,18H,3-5,9,11-14H2,1-2H3/t16-,18-/m1/s1. The maximum atomic E-state index is 14.1. The van der Waals surface area contributed by atoms with Crippen LogP contribution in [0.25, 0.3) is 0 Å². The number of halogens is 2. The van der Waals surface area contributed by atoms with E-state index in [1.807, 2.05) is 31.2 Å². The molecule has 24 heavy (non-hydrogen) atoms. The number of hydrogen-bond donors (Lipinski definition) is 0. The molecule has 1 aliphatic rings. The molecule has 1 amide bonds. The molecule has 0 aliphatic heterocycles. The second-order valence-corrected chi connectivity index (χ2v) is 6.98. The molecular weight excluding hydrogens is 308 g/mol. The van der Waals surface area contributed by atoms with Crippen molar-refractivity contribution in [3.63, 3.8) is 0 Å². The molecule has 2 rings (SSSR count). The summed E-state index contributed by atoms with van der Waals surface area (Å²) in [5.41, 5.74) is 2.03. The molecule has 1 aliphatic carbocycles. The average Bonchev–Trinajstić information content (AvgIpc) is 2.59. The minimum absolute atomic E-state index is 0.0475. The molecular formula is C20H29F2NO. The largest absolute Gasteiger partial charge is 0.314 e. The highest BCUT2D eigenvalue weighted by molar-refractivity contribution is 5.77. The van der Waals surface area contributed by atoms with Crippen LogP contribution in [-0.4, -0.2) is 18.9 Å². The number of nitrogens with zero attached hydrogens (tertiary/aromatic N) is 1. The highest BCUT2D eigenvalue weighted by Gasteiger charge is 2.44. The van der Waals surface area contributed by atoms with E-state index in [1.165, 1.54) is 0 Å². The first-order valence-corrected chi connectivity index (χ1v) is 9.19. The Morgan fingerprint density at radius 3 is 2.71 bits per heavy atom. The van der Waals surface area contributed by atoms with Crippen molar-refractivity contribution >= 4 is 12.1 Å². The van der Waals surface area contributed by atoms with Gasteiger partial charge in [0.1, 0.15) is 0 Å². The van der Waals surface area contributed by atoms with Gasteiger partial charge in [-0.15, -0.1) is 0 Å². The predicted octanol–water partition coefficient (Wildman–Crippen LogP) is 5.45. The fourth-order valence-electron chi connectivity index (χ4n) is 3.81. The van der Waals surface area contributed by atoms with Crippen molar-refractivity contribution in [2.45, 2.75) is 64.7 Å². The lowest BCUT2D eigenvalue weighted by Crippen LogP contribution is -2.39. The maximum absolute atomic E-state index is 14.1. The number of aryl methyl sites for hydroxylation is 1. The van der Waals surface area contributed by atoms with E-state index in [0.717, 1.165) is 36.9 Å². The monoisotopic (exact) mass is 337 g/mol. The number of alkyl halides is 2. The summed E-state index contributed by atoms with van der Waals surface area (Å²) in [5, 5.41) is 0. The Kier molecular flexibility index (Phi) is 6.76. The van der Waals surface area contributed by atoms with E-state index < -0.39 is 11.8 Å². The first-order chi connectivity index (χ1) is 11.5. The van der Waals surface area contributed by atoms with Crippen LogP contribution in [0.2, 0.25) is 0 Å². The summed E-state index contributed by atoms with van der Waals surface area (Å²) in [6.45, 7) is 4.64. The van der Waals surface area contributed by atoms with Gasteiger partial charge < -0.3 is 4.90 Å². The van der Waals surface area contributed by atoms with Crippen molar-refractivity contribution in [1.82, 2.24) is 0 Å². The SMILES string of the molecule is CCCC[C@@H]1C[C@H](CN(C=O)c2ccccc2CC)CCC1(F)F. The van der Waals surface area contributed by atoms with Crippen molar-refractivity contribution in [2.75, 3.05) is 11.4 Å². The number of benzene rings is 1. The first-order valence-electron chi connectivity index (χ1n) is 9.19. The Hall–Kier alpha value is -1.45. The molecule has 0 radical (unpaired) electrons. The van der Waals surface area contributed by atoms with Gasteiger partial charge >= 0.3 is 0 Å². The van der Waals surface area contributed by atoms with E-state index in [-0.39, 0.29) is 12.3 Å². The summed E-state index contributed by atoms with van der Waals surface area (Å²) in [5.74, 6) is -2.92. The molecule has 4 heteroatoms. The van der Waals surface area contributed by atoms with Gasteiger partial charge in [0.25, 0.3) is 5.92 Å². The lowest BCUT2D eigenvalue weighted by molar-refractivity contribution is -0.108. The summed E-state index contributed by atoms with van der Waals surface area (Å²) in [6, 6.07) is 7.85. The first kappa shape index (κ1) is 18.9. The van der Waals surface area contributed by atoms with Crippen LogP contribution in [0, 0.1) is 11.8 Å². The minimum atomic E-state index is -2.54. The molecule has 2 atom stereocenters. The average molecular weight is 337 g/mol. The van der Waals surface area contributed by atoms with E-state index >= 15 is 0 Å². The van der Waals surface area contributed by atoms with Crippen LogP contribution in [0.15, 0.2) is 24.3 Å². The number of unbranched alkanes of at least 4 members (excludes halogenated alkanes) is 1. The Bertz CT molecular complexity index is 532. The molecule has 0 N–H and O–H groups in total. The zero-order chi connectivity index (χ0) is 17.6. The van der Waals surface area contributed by atoms with E-state index in [1.54, 1.807) is 4.90 Å². The second kappa shape index (κ2) is 8.59. The second-order valence-electron chi connectivity index (χ2n) is 6.98. The van der Waals surface area contributed by atoms with Crippen molar-refractivity contribution in [1.29, 1.82) is 0 Å². The number of para-hydroxylation sites is 1. The zero-order valence-electron chi connectivity index (χ0n) is 14.8. The third kappa shape index (κ3) is 4.55. The molecule has 1 saturated carbocycles. The van der Waals surface area contributed by atoms with Gasteiger partial charge in [-0.3, -0.25) is 4.79 Å². The van der Waals surface area contributed by atoms with Crippen LogP contribution in [0.1, 0.15) is 57.9 Å². The molecule has 0 saturated heterocycles. The van der Waals surface area contributed by atoms with Gasteiger partial charge in [-0.05, 0) is 43.2 Å². The lowest BCUT2D eigenvalue weighted by atomic mass is 9.76. The van der Waals surface area contributed by atoms with Crippen LogP contribution in [0.4, 0.5) is 14.5 Å². The molecule has 134 valence electrons. The van der Waals surface area contributed by atoms with Crippen LogP contribution >= 0.6 is 0 Å². The van der Waals surface area contributed by atoms with E-state index in [9.17, 15) is 13.6 Å². The number of hydrogen-bond acceptors (Lipinski definition) is 1. The highest BCUT2D eigenvalue weighted by atomic mass is 19.3. The quantitative estimate of drug-likeness (QED) is 0.577. The van der Waals surface area contributed by atoms with Gasteiger partial charge in [0.05, 0.1) is 0 Å². The van der Waals surface area contributed by atoms with Gasteiger partial charge in [-0.1, -0.05) is 44.9 Å². The van der Waals surface area contributed by atoms with Gasteiger partial charge in [0, 0.05) is 24.6 Å². The van der Waals surface area contributed by atoms with Crippen LogP contribution in [0.5, 0.6) is 0 Å². The summed E-state index contributed by atoms with van der Waals surface area (Å²) < 4.78 is 28.3. The molecule has 0 heterocycles. The molecule has 0 spiro atoms. The molecule has 1 aromatic carbocycles. The Morgan fingerprint density at radius 2 is 2.04 bits per heavy atom. The number of anilines is 1. The fourth-order valence-corrected chi connectivity index (χ4v) is 3.81. The fraction of sp³-hybridized carbons (Fsp3) is 0.650. The third-order valence-corrected chi connectivity index (χ3v) is 5.27. The molecule has 0 unspecified atom stereocenters. The topological polar surface area (TPSA) is 20.3 Å². The van der Waals surface area contributed by atoms with Gasteiger partial charge in [0.2, 0.25) is 6.41 Å². The van der Waals surface area contributed by atoms with Crippen molar-refractivity contribution in [3.05, 3.63) is 29.8 Å². The number of rotatable bonds is 8. The maximum Gasteiger partial charge on any atom is 0.250 e. The van der Waals surface area contributed by atoms with Gasteiger partial charge in [-0.25, -0.2) is 8.78 Å². The predicted molar refractivity (Wildman–Crippen MR) is 94.5 cm³/mol. The summed E-state index contributed by atoms with van der Waals surface area (Å²) in [6.07, 6.45) is 5.05.